The maximum Gasteiger partial charge on any atom is 0.128 e. The lowest BCUT2D eigenvalue weighted by molar-refractivity contribution is 0.344. The lowest BCUT2D eigenvalue weighted by Crippen LogP contribution is -1.97. The molecule has 1 heterocycles. The highest BCUT2D eigenvalue weighted by Gasteiger charge is 2.05. The Balaban J connectivity index is 2.36. The van der Waals surface area contributed by atoms with Crippen LogP contribution < -0.4 is 4.74 Å². The van der Waals surface area contributed by atoms with Crippen molar-refractivity contribution in [2.45, 2.75) is 19.9 Å². The zero-order valence-electron chi connectivity index (χ0n) is 9.45. The van der Waals surface area contributed by atoms with E-state index in [1.54, 1.807) is 0 Å². The summed E-state index contributed by atoms with van der Waals surface area (Å²) in [5, 5.41) is 1.10. The highest BCUT2D eigenvalue weighted by Crippen LogP contribution is 2.26. The summed E-state index contributed by atoms with van der Waals surface area (Å²) in [6.45, 7) is 3.08. The fourth-order valence-electron chi connectivity index (χ4n) is 1.90. The molecule has 2 nitrogen and oxygen atoms in total. The standard InChI is InChI=1S/C13H16FNO/c1-2-16-13-6-3-5-12-11(13)7-10-15(12)9-4-8-14/h3,5-7,10H,2,4,8-9H2,1H3. The zero-order valence-corrected chi connectivity index (χ0v) is 9.45. The van der Waals surface area contributed by atoms with Gasteiger partial charge in [-0.15, -0.1) is 0 Å². The Morgan fingerprint density at radius 3 is 2.94 bits per heavy atom. The minimum absolute atomic E-state index is 0.273. The summed E-state index contributed by atoms with van der Waals surface area (Å²) in [6, 6.07) is 8.00. The molecule has 0 fully saturated rings. The van der Waals surface area contributed by atoms with Crippen molar-refractivity contribution in [3.8, 4) is 5.75 Å². The molecule has 16 heavy (non-hydrogen) atoms. The van der Waals surface area contributed by atoms with Gasteiger partial charge in [0, 0.05) is 18.1 Å². The van der Waals surface area contributed by atoms with E-state index in [9.17, 15) is 4.39 Å². The van der Waals surface area contributed by atoms with Gasteiger partial charge < -0.3 is 9.30 Å². The van der Waals surface area contributed by atoms with Crippen LogP contribution in [-0.4, -0.2) is 17.8 Å². The number of halogens is 1. The number of aryl methyl sites for hydroxylation is 1. The van der Waals surface area contributed by atoms with E-state index in [2.05, 4.69) is 4.57 Å². The van der Waals surface area contributed by atoms with Crippen LogP contribution in [0.25, 0.3) is 10.9 Å². The molecule has 0 N–H and O–H groups in total. The molecular formula is C13H16FNO. The van der Waals surface area contributed by atoms with Crippen LogP contribution in [0.2, 0.25) is 0 Å². The average Bonchev–Trinajstić information content (AvgIpc) is 2.71. The largest absolute Gasteiger partial charge is 0.493 e. The maximum absolute atomic E-state index is 12.1. The first-order valence-electron chi connectivity index (χ1n) is 5.63. The highest BCUT2D eigenvalue weighted by molar-refractivity contribution is 5.86. The lowest BCUT2D eigenvalue weighted by Gasteiger charge is -2.06. The summed E-state index contributed by atoms with van der Waals surface area (Å²) in [6.07, 6.45) is 2.55. The molecule has 0 saturated heterocycles. The van der Waals surface area contributed by atoms with Gasteiger partial charge in [-0.1, -0.05) is 6.07 Å². The molecule has 0 aliphatic carbocycles. The van der Waals surface area contributed by atoms with Crippen molar-refractivity contribution >= 4 is 10.9 Å². The number of aromatic nitrogens is 1. The number of fused-ring (bicyclic) bond motifs is 1. The van der Waals surface area contributed by atoms with E-state index < -0.39 is 0 Å². The molecule has 0 radical (unpaired) electrons. The molecule has 0 atom stereocenters. The van der Waals surface area contributed by atoms with Gasteiger partial charge in [-0.3, -0.25) is 4.39 Å². The second-order valence-electron chi connectivity index (χ2n) is 3.67. The maximum atomic E-state index is 12.1. The molecule has 3 heteroatoms. The molecular weight excluding hydrogens is 205 g/mol. The monoisotopic (exact) mass is 221 g/mol. The Labute approximate surface area is 94.6 Å². The molecule has 0 amide bonds. The topological polar surface area (TPSA) is 14.2 Å². The predicted octanol–water partition coefficient (Wildman–Crippen LogP) is 3.40. The highest BCUT2D eigenvalue weighted by atomic mass is 19.1. The molecule has 0 aliphatic rings. The van der Waals surface area contributed by atoms with Crippen molar-refractivity contribution < 1.29 is 9.13 Å². The van der Waals surface area contributed by atoms with Gasteiger partial charge in [-0.2, -0.15) is 0 Å². The second kappa shape index (κ2) is 5.01. The minimum atomic E-state index is -0.273. The third-order valence-electron chi connectivity index (χ3n) is 2.61. The van der Waals surface area contributed by atoms with Crippen molar-refractivity contribution in [1.82, 2.24) is 4.57 Å². The lowest BCUT2D eigenvalue weighted by atomic mass is 10.2. The van der Waals surface area contributed by atoms with E-state index in [4.69, 9.17) is 4.74 Å². The number of benzene rings is 1. The van der Waals surface area contributed by atoms with Gasteiger partial charge in [-0.25, -0.2) is 0 Å². The predicted molar refractivity (Wildman–Crippen MR) is 63.7 cm³/mol. The second-order valence-corrected chi connectivity index (χ2v) is 3.67. The molecule has 1 aromatic heterocycles. The number of hydrogen-bond acceptors (Lipinski definition) is 1. The van der Waals surface area contributed by atoms with E-state index >= 15 is 0 Å². The van der Waals surface area contributed by atoms with Gasteiger partial charge in [-0.05, 0) is 31.5 Å². The summed E-state index contributed by atoms with van der Waals surface area (Å²) in [5.41, 5.74) is 1.11. The molecule has 0 bridgehead atoms. The first-order chi connectivity index (χ1) is 7.86. The van der Waals surface area contributed by atoms with E-state index in [0.717, 1.165) is 23.2 Å². The molecule has 0 unspecified atom stereocenters. The third-order valence-corrected chi connectivity index (χ3v) is 2.61. The van der Waals surface area contributed by atoms with Gasteiger partial charge in [0.05, 0.1) is 18.8 Å². The van der Waals surface area contributed by atoms with Crippen LogP contribution in [-0.2, 0) is 6.54 Å². The molecule has 86 valence electrons. The van der Waals surface area contributed by atoms with E-state index in [0.29, 0.717) is 13.0 Å². The van der Waals surface area contributed by atoms with Gasteiger partial charge in [0.15, 0.2) is 0 Å². The molecule has 0 spiro atoms. The molecule has 0 aliphatic heterocycles. The smallest absolute Gasteiger partial charge is 0.128 e. The number of nitrogens with zero attached hydrogens (tertiary/aromatic N) is 1. The Hall–Kier alpha value is -1.51. The fraction of sp³-hybridized carbons (Fsp3) is 0.385. The summed E-state index contributed by atoms with van der Waals surface area (Å²) in [4.78, 5) is 0. The normalized spacial score (nSPS) is 10.9. The van der Waals surface area contributed by atoms with Crippen LogP contribution in [0, 0.1) is 0 Å². The molecule has 2 aromatic rings. The first kappa shape index (κ1) is 11.0. The van der Waals surface area contributed by atoms with Crippen molar-refractivity contribution in [3.63, 3.8) is 0 Å². The van der Waals surface area contributed by atoms with Crippen LogP contribution in [0.4, 0.5) is 4.39 Å². The van der Waals surface area contributed by atoms with Gasteiger partial charge in [0.1, 0.15) is 5.75 Å². The molecule has 1 aromatic carbocycles. The van der Waals surface area contributed by atoms with Crippen LogP contribution in [0.3, 0.4) is 0 Å². The first-order valence-corrected chi connectivity index (χ1v) is 5.63. The summed E-state index contributed by atoms with van der Waals surface area (Å²) < 4.78 is 19.8. The van der Waals surface area contributed by atoms with Crippen molar-refractivity contribution in [3.05, 3.63) is 30.5 Å². The Morgan fingerprint density at radius 2 is 2.19 bits per heavy atom. The minimum Gasteiger partial charge on any atom is -0.493 e. The zero-order chi connectivity index (χ0) is 11.4. The number of hydrogen-bond donors (Lipinski definition) is 0. The van der Waals surface area contributed by atoms with Crippen LogP contribution in [0.5, 0.6) is 5.75 Å². The molecule has 2 rings (SSSR count). The van der Waals surface area contributed by atoms with E-state index in [1.807, 2.05) is 37.4 Å². The summed E-state index contributed by atoms with van der Waals surface area (Å²) in [7, 11) is 0. The summed E-state index contributed by atoms with van der Waals surface area (Å²) >= 11 is 0. The van der Waals surface area contributed by atoms with E-state index in [1.165, 1.54) is 0 Å². The number of alkyl halides is 1. The van der Waals surface area contributed by atoms with Crippen LogP contribution in [0.15, 0.2) is 30.5 Å². The Kier molecular flexibility index (Phi) is 3.44. The van der Waals surface area contributed by atoms with Gasteiger partial charge in [0.2, 0.25) is 0 Å². The van der Waals surface area contributed by atoms with Crippen LogP contribution in [0.1, 0.15) is 13.3 Å². The van der Waals surface area contributed by atoms with Crippen LogP contribution >= 0.6 is 0 Å². The Bertz CT molecular complexity index is 464. The summed E-state index contributed by atoms with van der Waals surface area (Å²) in [5.74, 6) is 0.902. The van der Waals surface area contributed by atoms with Crippen molar-refractivity contribution in [2.24, 2.45) is 0 Å². The van der Waals surface area contributed by atoms with Crippen molar-refractivity contribution in [1.29, 1.82) is 0 Å². The third kappa shape index (κ3) is 2.03. The number of rotatable bonds is 5. The number of ether oxygens (including phenoxy) is 1. The van der Waals surface area contributed by atoms with E-state index in [-0.39, 0.29) is 6.67 Å². The SMILES string of the molecule is CCOc1cccc2c1ccn2CCCF. The van der Waals surface area contributed by atoms with Gasteiger partial charge in [0.25, 0.3) is 0 Å². The molecule has 0 saturated carbocycles. The fourth-order valence-corrected chi connectivity index (χ4v) is 1.90. The van der Waals surface area contributed by atoms with Crippen molar-refractivity contribution in [2.75, 3.05) is 13.3 Å². The quantitative estimate of drug-likeness (QED) is 0.754. The Morgan fingerprint density at radius 1 is 1.31 bits per heavy atom. The van der Waals surface area contributed by atoms with Gasteiger partial charge >= 0.3 is 0 Å². The average molecular weight is 221 g/mol.